The lowest BCUT2D eigenvalue weighted by molar-refractivity contribution is -0.123. The minimum Gasteiger partial charge on any atom is -0.453 e. The van der Waals surface area contributed by atoms with Crippen LogP contribution in [0.4, 0.5) is 10.5 Å². The number of methoxy groups -OCH3 is 1. The topological polar surface area (TPSA) is 67.4 Å². The van der Waals surface area contributed by atoms with Crippen LogP contribution >= 0.6 is 11.6 Å². The molecule has 1 aliphatic carbocycles. The zero-order chi connectivity index (χ0) is 17.9. The summed E-state index contributed by atoms with van der Waals surface area (Å²) in [6.45, 7) is 0.430. The van der Waals surface area contributed by atoms with Crippen LogP contribution in [0.3, 0.4) is 0 Å². The molecule has 0 aromatic heterocycles. The second-order valence-corrected chi connectivity index (χ2v) is 6.53. The van der Waals surface area contributed by atoms with Crippen molar-refractivity contribution in [1.82, 2.24) is 5.32 Å². The van der Waals surface area contributed by atoms with Crippen LogP contribution in [-0.2, 0) is 21.5 Å². The maximum absolute atomic E-state index is 12.6. The van der Waals surface area contributed by atoms with Gasteiger partial charge in [0.15, 0.2) is 0 Å². The Balaban J connectivity index is 1.60. The predicted molar refractivity (Wildman–Crippen MR) is 96.7 cm³/mol. The molecule has 2 aromatic carbocycles. The average molecular weight is 359 g/mol. The molecule has 6 heteroatoms. The molecular formula is C19H19ClN2O3. The molecule has 3 rings (SSSR count). The quantitative estimate of drug-likeness (QED) is 0.852. The number of hydrogen-bond acceptors (Lipinski definition) is 3. The van der Waals surface area contributed by atoms with E-state index in [1.807, 2.05) is 36.4 Å². The van der Waals surface area contributed by atoms with Gasteiger partial charge in [-0.05, 0) is 48.2 Å². The highest BCUT2D eigenvalue weighted by atomic mass is 35.5. The Hall–Kier alpha value is -2.53. The SMILES string of the molecule is COC(=O)Nc1ccc(CNC(=O)C2(c3cccc(Cl)c3)CC2)cc1. The first-order chi connectivity index (χ1) is 12.0. The van der Waals surface area contributed by atoms with Crippen molar-refractivity contribution in [2.45, 2.75) is 24.8 Å². The average Bonchev–Trinajstić information content (AvgIpc) is 3.43. The number of benzene rings is 2. The van der Waals surface area contributed by atoms with E-state index in [9.17, 15) is 9.59 Å². The van der Waals surface area contributed by atoms with Crippen LogP contribution in [0.25, 0.3) is 0 Å². The maximum atomic E-state index is 12.6. The van der Waals surface area contributed by atoms with E-state index < -0.39 is 11.5 Å². The minimum atomic E-state index is -0.516. The highest BCUT2D eigenvalue weighted by Gasteiger charge is 2.51. The molecule has 1 aliphatic rings. The van der Waals surface area contributed by atoms with Crippen LogP contribution in [0.15, 0.2) is 48.5 Å². The van der Waals surface area contributed by atoms with Crippen molar-refractivity contribution in [3.8, 4) is 0 Å². The molecule has 0 heterocycles. The van der Waals surface area contributed by atoms with Gasteiger partial charge in [0.05, 0.1) is 12.5 Å². The number of halogens is 1. The molecule has 0 bridgehead atoms. The molecule has 0 aliphatic heterocycles. The van der Waals surface area contributed by atoms with E-state index >= 15 is 0 Å². The molecule has 0 spiro atoms. The Labute approximate surface area is 151 Å². The molecule has 0 saturated heterocycles. The summed E-state index contributed by atoms with van der Waals surface area (Å²) in [5.74, 6) is 0.0199. The molecule has 5 nitrogen and oxygen atoms in total. The number of ether oxygens (including phenoxy) is 1. The minimum absolute atomic E-state index is 0.0199. The molecule has 1 fully saturated rings. The molecule has 2 aromatic rings. The number of carbonyl (C=O) groups is 2. The lowest BCUT2D eigenvalue weighted by atomic mass is 9.95. The van der Waals surface area contributed by atoms with Crippen LogP contribution in [0.5, 0.6) is 0 Å². The van der Waals surface area contributed by atoms with Gasteiger partial charge in [0.1, 0.15) is 0 Å². The van der Waals surface area contributed by atoms with Gasteiger partial charge in [0.2, 0.25) is 5.91 Å². The summed E-state index contributed by atoms with van der Waals surface area (Å²) in [6, 6.07) is 14.7. The molecule has 25 heavy (non-hydrogen) atoms. The van der Waals surface area contributed by atoms with Gasteiger partial charge >= 0.3 is 6.09 Å². The molecular weight excluding hydrogens is 340 g/mol. The molecule has 0 unspecified atom stereocenters. The summed E-state index contributed by atoms with van der Waals surface area (Å²) in [6.07, 6.45) is 1.15. The predicted octanol–water partition coefficient (Wildman–Crippen LogP) is 3.87. The van der Waals surface area contributed by atoms with Crippen LogP contribution in [0.2, 0.25) is 5.02 Å². The zero-order valence-electron chi connectivity index (χ0n) is 13.8. The van der Waals surface area contributed by atoms with Crippen molar-refractivity contribution in [3.05, 3.63) is 64.7 Å². The van der Waals surface area contributed by atoms with E-state index in [-0.39, 0.29) is 5.91 Å². The van der Waals surface area contributed by atoms with Crippen LogP contribution < -0.4 is 10.6 Å². The Morgan fingerprint density at radius 2 is 1.88 bits per heavy atom. The van der Waals surface area contributed by atoms with Crippen molar-refractivity contribution < 1.29 is 14.3 Å². The highest BCUT2D eigenvalue weighted by Crippen LogP contribution is 2.48. The fourth-order valence-corrected chi connectivity index (χ4v) is 2.97. The molecule has 1 saturated carbocycles. The Bertz CT molecular complexity index is 786. The van der Waals surface area contributed by atoms with Crippen LogP contribution in [0, 0.1) is 0 Å². The first-order valence-corrected chi connectivity index (χ1v) is 8.39. The maximum Gasteiger partial charge on any atom is 0.411 e. The zero-order valence-corrected chi connectivity index (χ0v) is 14.6. The van der Waals surface area contributed by atoms with E-state index in [1.54, 1.807) is 12.1 Å². The third-order valence-corrected chi connectivity index (χ3v) is 4.64. The van der Waals surface area contributed by atoms with E-state index in [4.69, 9.17) is 11.6 Å². The van der Waals surface area contributed by atoms with Gasteiger partial charge in [-0.2, -0.15) is 0 Å². The van der Waals surface area contributed by atoms with E-state index in [2.05, 4.69) is 15.4 Å². The van der Waals surface area contributed by atoms with E-state index in [1.165, 1.54) is 7.11 Å². The van der Waals surface area contributed by atoms with Gasteiger partial charge in [0.25, 0.3) is 0 Å². The smallest absolute Gasteiger partial charge is 0.411 e. The Morgan fingerprint density at radius 3 is 2.48 bits per heavy atom. The standard InChI is InChI=1S/C19H19ClN2O3/c1-25-18(24)22-16-7-5-13(6-8-16)12-21-17(23)19(9-10-19)14-3-2-4-15(20)11-14/h2-8,11H,9-10,12H2,1H3,(H,21,23)(H,22,24). The van der Waals surface area contributed by atoms with E-state index in [0.29, 0.717) is 17.3 Å². The van der Waals surface area contributed by atoms with E-state index in [0.717, 1.165) is 24.0 Å². The molecule has 130 valence electrons. The molecule has 2 N–H and O–H groups in total. The van der Waals surface area contributed by atoms with Crippen LogP contribution in [-0.4, -0.2) is 19.1 Å². The highest BCUT2D eigenvalue weighted by molar-refractivity contribution is 6.30. The van der Waals surface area contributed by atoms with Crippen molar-refractivity contribution in [1.29, 1.82) is 0 Å². The summed E-state index contributed by atoms with van der Waals surface area (Å²) in [7, 11) is 1.31. The Morgan fingerprint density at radius 1 is 1.16 bits per heavy atom. The second kappa shape index (κ2) is 7.15. The number of amides is 2. The van der Waals surface area contributed by atoms with Crippen molar-refractivity contribution >= 4 is 29.3 Å². The summed E-state index contributed by atoms with van der Waals surface area (Å²) in [5.41, 5.74) is 2.11. The number of nitrogens with one attached hydrogen (secondary N) is 2. The fourth-order valence-electron chi connectivity index (χ4n) is 2.78. The normalized spacial score (nSPS) is 14.5. The lowest BCUT2D eigenvalue weighted by Crippen LogP contribution is -2.34. The first-order valence-electron chi connectivity index (χ1n) is 8.02. The number of carbonyl (C=O) groups excluding carboxylic acids is 2. The molecule has 2 amide bonds. The van der Waals surface area contributed by atoms with Gasteiger partial charge in [-0.15, -0.1) is 0 Å². The van der Waals surface area contributed by atoms with Gasteiger partial charge < -0.3 is 10.1 Å². The third-order valence-electron chi connectivity index (χ3n) is 4.40. The number of hydrogen-bond donors (Lipinski definition) is 2. The third kappa shape index (κ3) is 3.94. The summed E-state index contributed by atoms with van der Waals surface area (Å²) in [5, 5.41) is 6.22. The Kier molecular flexibility index (Phi) is 4.95. The van der Waals surface area contributed by atoms with Gasteiger partial charge in [-0.3, -0.25) is 10.1 Å². The summed E-state index contributed by atoms with van der Waals surface area (Å²) in [4.78, 5) is 23.8. The largest absolute Gasteiger partial charge is 0.453 e. The molecule has 0 radical (unpaired) electrons. The first kappa shape index (κ1) is 17.3. The van der Waals surface area contributed by atoms with Crippen molar-refractivity contribution in [2.24, 2.45) is 0 Å². The van der Waals surface area contributed by atoms with Crippen molar-refractivity contribution in [3.63, 3.8) is 0 Å². The van der Waals surface area contributed by atoms with Gasteiger partial charge in [0, 0.05) is 17.3 Å². The number of anilines is 1. The second-order valence-electron chi connectivity index (χ2n) is 6.09. The monoisotopic (exact) mass is 358 g/mol. The molecule has 0 atom stereocenters. The van der Waals surface area contributed by atoms with Crippen LogP contribution in [0.1, 0.15) is 24.0 Å². The van der Waals surface area contributed by atoms with Gasteiger partial charge in [-0.25, -0.2) is 4.79 Å². The van der Waals surface area contributed by atoms with Crippen molar-refractivity contribution in [2.75, 3.05) is 12.4 Å². The lowest BCUT2D eigenvalue weighted by Gasteiger charge is -2.16. The van der Waals surface area contributed by atoms with Gasteiger partial charge in [-0.1, -0.05) is 35.9 Å². The fraction of sp³-hybridized carbons (Fsp3) is 0.263. The summed E-state index contributed by atoms with van der Waals surface area (Å²) >= 11 is 6.05. The number of rotatable bonds is 5. The summed E-state index contributed by atoms with van der Waals surface area (Å²) < 4.78 is 4.54.